The second-order valence-corrected chi connectivity index (χ2v) is 6.88. The Hall–Kier alpha value is -1.91. The lowest BCUT2D eigenvalue weighted by Crippen LogP contribution is -2.33. The topological polar surface area (TPSA) is 49.6 Å². The minimum Gasteiger partial charge on any atom is -0.366 e. The van der Waals surface area contributed by atoms with E-state index in [0.717, 1.165) is 37.2 Å². The number of carbonyl (C=O) groups is 1. The third kappa shape index (κ3) is 4.13. The molecule has 4 heteroatoms. The normalized spacial score (nSPS) is 22.9. The smallest absolute Gasteiger partial charge is 0.249 e. The highest BCUT2D eigenvalue weighted by molar-refractivity contribution is 5.99. The molecule has 2 aliphatic rings. The summed E-state index contributed by atoms with van der Waals surface area (Å²) >= 11 is 0. The van der Waals surface area contributed by atoms with Crippen LogP contribution in [0.2, 0.25) is 0 Å². The Morgan fingerprint density at radius 3 is 2.79 bits per heavy atom. The first kappa shape index (κ1) is 16.9. The number of hydrogen-bond donors (Lipinski definition) is 1. The summed E-state index contributed by atoms with van der Waals surface area (Å²) in [6.45, 7) is 5.82. The van der Waals surface area contributed by atoms with E-state index in [9.17, 15) is 4.79 Å². The van der Waals surface area contributed by atoms with Crippen molar-refractivity contribution < 1.29 is 4.79 Å². The highest BCUT2D eigenvalue weighted by Gasteiger charge is 2.18. The average molecular weight is 325 g/mol. The number of carbonyl (C=O) groups excluding carboxylic acids is 1. The van der Waals surface area contributed by atoms with Crippen LogP contribution in [0.15, 0.2) is 42.5 Å². The van der Waals surface area contributed by atoms with Crippen molar-refractivity contribution in [3.05, 3.63) is 53.6 Å². The van der Waals surface area contributed by atoms with Crippen LogP contribution in [0.1, 0.15) is 28.8 Å². The van der Waals surface area contributed by atoms with Gasteiger partial charge in [-0.1, -0.05) is 36.4 Å². The fourth-order valence-electron chi connectivity index (χ4n) is 3.56. The number of nitrogens with two attached hydrogens (primary N) is 1. The molecule has 2 N–H and O–H groups in total. The standard InChI is InChI=1S/C20H27N3O/c1-22-11-4-12-23(14-13-22)15-16-7-9-17(10-8-16)18-5-2-3-6-19(18)20(21)24/h2-3,5-7,9-10,16H,4,8,11-15H2,1H3,(H2,21,24). The summed E-state index contributed by atoms with van der Waals surface area (Å²) < 4.78 is 0. The Bertz CT molecular complexity index is 650. The maximum atomic E-state index is 11.6. The quantitative estimate of drug-likeness (QED) is 0.925. The Labute approximate surface area is 144 Å². The van der Waals surface area contributed by atoms with Crippen LogP contribution in [0.25, 0.3) is 5.57 Å². The van der Waals surface area contributed by atoms with E-state index in [2.05, 4.69) is 35.1 Å². The Morgan fingerprint density at radius 1 is 1.21 bits per heavy atom. The third-order valence-corrected chi connectivity index (χ3v) is 5.00. The number of benzene rings is 1. The van der Waals surface area contributed by atoms with Gasteiger partial charge in [0.15, 0.2) is 0 Å². The molecule has 1 aromatic rings. The predicted octanol–water partition coefficient (Wildman–Crippen LogP) is 2.38. The summed E-state index contributed by atoms with van der Waals surface area (Å²) in [5, 5.41) is 0. The molecule has 1 aliphatic carbocycles. The second-order valence-electron chi connectivity index (χ2n) is 6.88. The van der Waals surface area contributed by atoms with Crippen LogP contribution in [0.3, 0.4) is 0 Å². The Balaban J connectivity index is 1.63. The molecule has 1 unspecified atom stereocenters. The van der Waals surface area contributed by atoms with E-state index in [4.69, 9.17) is 5.73 Å². The maximum Gasteiger partial charge on any atom is 0.249 e. The van der Waals surface area contributed by atoms with Gasteiger partial charge < -0.3 is 15.5 Å². The molecule has 0 spiro atoms. The molecule has 0 bridgehead atoms. The monoisotopic (exact) mass is 325 g/mol. The molecule has 1 heterocycles. The van der Waals surface area contributed by atoms with Crippen LogP contribution < -0.4 is 5.73 Å². The van der Waals surface area contributed by atoms with Gasteiger partial charge >= 0.3 is 0 Å². The van der Waals surface area contributed by atoms with E-state index in [-0.39, 0.29) is 5.91 Å². The van der Waals surface area contributed by atoms with Crippen LogP contribution in [-0.4, -0.2) is 55.5 Å². The van der Waals surface area contributed by atoms with E-state index in [1.807, 2.05) is 18.2 Å². The number of rotatable bonds is 4. The van der Waals surface area contributed by atoms with Gasteiger partial charge in [0.1, 0.15) is 0 Å². The summed E-state index contributed by atoms with van der Waals surface area (Å²) in [7, 11) is 2.20. The highest BCUT2D eigenvalue weighted by Crippen LogP contribution is 2.27. The van der Waals surface area contributed by atoms with E-state index in [1.165, 1.54) is 19.5 Å². The molecule has 1 amide bonds. The van der Waals surface area contributed by atoms with E-state index in [0.29, 0.717) is 11.5 Å². The van der Waals surface area contributed by atoms with Crippen LogP contribution in [0.5, 0.6) is 0 Å². The van der Waals surface area contributed by atoms with Crippen molar-refractivity contribution in [2.75, 3.05) is 39.8 Å². The van der Waals surface area contributed by atoms with Crippen molar-refractivity contribution in [1.82, 2.24) is 9.80 Å². The predicted molar refractivity (Wildman–Crippen MR) is 98.7 cm³/mol. The zero-order valence-electron chi connectivity index (χ0n) is 14.4. The fraction of sp³-hybridized carbons (Fsp3) is 0.450. The molecule has 4 nitrogen and oxygen atoms in total. The lowest BCUT2D eigenvalue weighted by Gasteiger charge is -2.26. The molecule has 1 saturated heterocycles. The SMILES string of the molecule is CN1CCCN(CC2C=CC(c3ccccc3C(N)=O)=CC2)CC1. The van der Waals surface area contributed by atoms with Gasteiger partial charge in [0, 0.05) is 25.2 Å². The molecule has 0 saturated carbocycles. The van der Waals surface area contributed by atoms with Crippen LogP contribution in [-0.2, 0) is 0 Å². The zero-order valence-corrected chi connectivity index (χ0v) is 14.4. The maximum absolute atomic E-state index is 11.6. The lowest BCUT2D eigenvalue weighted by atomic mass is 9.90. The van der Waals surface area contributed by atoms with E-state index in [1.54, 1.807) is 6.07 Å². The summed E-state index contributed by atoms with van der Waals surface area (Å²) in [5.41, 5.74) is 8.15. The summed E-state index contributed by atoms with van der Waals surface area (Å²) in [6, 6.07) is 7.58. The van der Waals surface area contributed by atoms with Gasteiger partial charge in [0.25, 0.3) is 0 Å². The number of likely N-dealkylation sites (N-methyl/N-ethyl adjacent to an activating group) is 1. The van der Waals surface area contributed by atoms with Crippen molar-refractivity contribution in [2.45, 2.75) is 12.8 Å². The van der Waals surface area contributed by atoms with Crippen molar-refractivity contribution in [2.24, 2.45) is 11.7 Å². The van der Waals surface area contributed by atoms with Gasteiger partial charge in [-0.2, -0.15) is 0 Å². The molecule has 3 rings (SSSR count). The minimum atomic E-state index is -0.365. The Kier molecular flexibility index (Phi) is 5.48. The largest absolute Gasteiger partial charge is 0.366 e. The molecular weight excluding hydrogens is 298 g/mol. The number of amides is 1. The van der Waals surface area contributed by atoms with Crippen molar-refractivity contribution in [3.8, 4) is 0 Å². The zero-order chi connectivity index (χ0) is 16.9. The minimum absolute atomic E-state index is 0.365. The van der Waals surface area contributed by atoms with Gasteiger partial charge in [0.2, 0.25) is 5.91 Å². The molecule has 24 heavy (non-hydrogen) atoms. The van der Waals surface area contributed by atoms with Crippen molar-refractivity contribution in [3.63, 3.8) is 0 Å². The first-order valence-corrected chi connectivity index (χ1v) is 8.82. The van der Waals surface area contributed by atoms with E-state index >= 15 is 0 Å². The number of allylic oxidation sites excluding steroid dienone is 3. The molecule has 1 fully saturated rings. The molecule has 128 valence electrons. The molecule has 1 aliphatic heterocycles. The number of hydrogen-bond acceptors (Lipinski definition) is 3. The molecular formula is C20H27N3O. The first-order chi connectivity index (χ1) is 11.6. The molecule has 1 atom stereocenters. The summed E-state index contributed by atoms with van der Waals surface area (Å²) in [6.07, 6.45) is 8.96. The van der Waals surface area contributed by atoms with Gasteiger partial charge in [-0.15, -0.1) is 0 Å². The van der Waals surface area contributed by atoms with Crippen LogP contribution in [0.4, 0.5) is 0 Å². The first-order valence-electron chi connectivity index (χ1n) is 8.82. The van der Waals surface area contributed by atoms with Gasteiger partial charge in [-0.25, -0.2) is 0 Å². The van der Waals surface area contributed by atoms with Crippen LogP contribution in [0, 0.1) is 5.92 Å². The average Bonchev–Trinajstić information content (AvgIpc) is 2.80. The van der Waals surface area contributed by atoms with Crippen molar-refractivity contribution >= 4 is 11.5 Å². The highest BCUT2D eigenvalue weighted by atomic mass is 16.1. The van der Waals surface area contributed by atoms with Gasteiger partial charge in [-0.05, 0) is 56.1 Å². The lowest BCUT2D eigenvalue weighted by molar-refractivity contribution is 0.1000. The molecule has 0 aromatic heterocycles. The molecule has 1 aromatic carbocycles. The van der Waals surface area contributed by atoms with Gasteiger partial charge in [-0.3, -0.25) is 4.79 Å². The van der Waals surface area contributed by atoms with E-state index < -0.39 is 0 Å². The number of primary amides is 1. The van der Waals surface area contributed by atoms with Crippen LogP contribution >= 0.6 is 0 Å². The molecule has 0 radical (unpaired) electrons. The third-order valence-electron chi connectivity index (χ3n) is 5.00. The van der Waals surface area contributed by atoms with Crippen molar-refractivity contribution in [1.29, 1.82) is 0 Å². The van der Waals surface area contributed by atoms with Gasteiger partial charge in [0.05, 0.1) is 0 Å². The fourth-order valence-corrected chi connectivity index (χ4v) is 3.56. The number of nitrogens with zero attached hydrogens (tertiary/aromatic N) is 2. The summed E-state index contributed by atoms with van der Waals surface area (Å²) in [4.78, 5) is 16.6. The second kappa shape index (κ2) is 7.77. The summed E-state index contributed by atoms with van der Waals surface area (Å²) in [5.74, 6) is 0.189. The Morgan fingerprint density at radius 2 is 2.04 bits per heavy atom.